The average Bonchev–Trinajstić information content (AvgIpc) is 3.17. The lowest BCUT2D eigenvalue weighted by Crippen LogP contribution is -2.28. The summed E-state index contributed by atoms with van der Waals surface area (Å²) in [5, 5.41) is 3.57. The van der Waals surface area contributed by atoms with Crippen LogP contribution in [0.2, 0.25) is 0 Å². The number of nitrogens with zero attached hydrogens (tertiary/aromatic N) is 5. The molecule has 3 aromatic rings. The van der Waals surface area contributed by atoms with Crippen LogP contribution in [-0.2, 0) is 11.3 Å². The van der Waals surface area contributed by atoms with Crippen LogP contribution in [0.25, 0.3) is 11.0 Å². The predicted molar refractivity (Wildman–Crippen MR) is 103 cm³/mol. The lowest BCUT2D eigenvalue weighted by atomic mass is 10.2. The lowest BCUT2D eigenvalue weighted by Gasteiger charge is -2.19. The summed E-state index contributed by atoms with van der Waals surface area (Å²) in [6.45, 7) is 4.50. The van der Waals surface area contributed by atoms with E-state index in [-0.39, 0.29) is 23.2 Å². The first-order chi connectivity index (χ1) is 13.5. The third-order valence-electron chi connectivity index (χ3n) is 4.60. The van der Waals surface area contributed by atoms with E-state index in [9.17, 15) is 9.18 Å². The molecule has 4 heterocycles. The Morgan fingerprint density at radius 3 is 3.11 bits per heavy atom. The maximum absolute atomic E-state index is 14.1. The third-order valence-corrected chi connectivity index (χ3v) is 5.53. The van der Waals surface area contributed by atoms with Gasteiger partial charge in [-0.2, -0.15) is 9.37 Å². The molecular formula is C18H19FN6O2S. The van der Waals surface area contributed by atoms with E-state index in [2.05, 4.69) is 37.1 Å². The van der Waals surface area contributed by atoms with Gasteiger partial charge in [-0.15, -0.1) is 0 Å². The Balaban J connectivity index is 1.45. The number of thiazole rings is 1. The molecule has 1 saturated heterocycles. The quantitative estimate of drug-likeness (QED) is 0.701. The number of halogens is 1. The van der Waals surface area contributed by atoms with E-state index in [0.29, 0.717) is 29.5 Å². The Morgan fingerprint density at radius 2 is 2.29 bits per heavy atom. The number of ether oxygens (including phenoxy) is 1. The number of nitrogens with one attached hydrogen (secondary N) is 1. The molecule has 0 bridgehead atoms. The van der Waals surface area contributed by atoms with E-state index in [1.807, 2.05) is 12.1 Å². The highest BCUT2D eigenvalue weighted by atomic mass is 32.1. The fourth-order valence-corrected chi connectivity index (χ4v) is 4.21. The molecule has 0 radical (unpaired) electrons. The summed E-state index contributed by atoms with van der Waals surface area (Å²) < 4.78 is 20.2. The molecule has 28 heavy (non-hydrogen) atoms. The summed E-state index contributed by atoms with van der Waals surface area (Å²) in [6.07, 6.45) is 3.85. The molecule has 1 N–H and O–H groups in total. The second kappa shape index (κ2) is 7.72. The Morgan fingerprint density at radius 1 is 1.43 bits per heavy atom. The van der Waals surface area contributed by atoms with E-state index in [1.165, 1.54) is 13.3 Å². The van der Waals surface area contributed by atoms with Gasteiger partial charge in [-0.05, 0) is 19.1 Å². The maximum Gasteiger partial charge on any atom is 0.230 e. The Labute approximate surface area is 164 Å². The average molecular weight is 402 g/mol. The standard InChI is InChI=1S/C18H19FN6O2S/c1-10-6-12(27-17-13-4-3-5-20-16(13)21-9-22-17)7-25(10)8-14-15(19)24-18(28-14)23-11(2)26/h3-5,9-10,12H,6-8H2,1-2H3,(H,23,24,26). The van der Waals surface area contributed by atoms with Crippen molar-refractivity contribution in [3.8, 4) is 5.88 Å². The van der Waals surface area contributed by atoms with Gasteiger partial charge >= 0.3 is 0 Å². The van der Waals surface area contributed by atoms with Gasteiger partial charge in [0.05, 0.1) is 10.3 Å². The number of carbonyl (C=O) groups is 1. The van der Waals surface area contributed by atoms with Crippen LogP contribution in [0, 0.1) is 5.95 Å². The fraction of sp³-hybridized carbons (Fsp3) is 0.389. The van der Waals surface area contributed by atoms with Crippen LogP contribution < -0.4 is 10.1 Å². The SMILES string of the molecule is CC(=O)Nc1nc(F)c(CN2CC(Oc3ncnc4ncccc34)CC2C)s1. The zero-order chi connectivity index (χ0) is 19.7. The monoisotopic (exact) mass is 402 g/mol. The van der Waals surface area contributed by atoms with Crippen LogP contribution in [0.5, 0.6) is 5.88 Å². The largest absolute Gasteiger partial charge is 0.472 e. The number of pyridine rings is 1. The van der Waals surface area contributed by atoms with Gasteiger partial charge in [0.2, 0.25) is 17.7 Å². The van der Waals surface area contributed by atoms with Gasteiger partial charge in [0, 0.05) is 38.7 Å². The Bertz CT molecular complexity index is 1010. The molecule has 146 valence electrons. The van der Waals surface area contributed by atoms with Crippen LogP contribution in [0.1, 0.15) is 25.1 Å². The normalized spacial score (nSPS) is 19.8. The number of likely N-dealkylation sites (tertiary alicyclic amines) is 1. The predicted octanol–water partition coefficient (Wildman–Crippen LogP) is 2.62. The molecule has 0 aliphatic carbocycles. The molecule has 2 unspecified atom stereocenters. The van der Waals surface area contributed by atoms with Crippen LogP contribution >= 0.6 is 11.3 Å². The number of hydrogen-bond donors (Lipinski definition) is 1. The molecule has 10 heteroatoms. The van der Waals surface area contributed by atoms with Crippen molar-refractivity contribution in [2.45, 2.75) is 39.0 Å². The smallest absolute Gasteiger partial charge is 0.230 e. The van der Waals surface area contributed by atoms with E-state index < -0.39 is 5.95 Å². The van der Waals surface area contributed by atoms with Crippen molar-refractivity contribution < 1.29 is 13.9 Å². The van der Waals surface area contributed by atoms with E-state index in [4.69, 9.17) is 4.74 Å². The van der Waals surface area contributed by atoms with E-state index in [1.54, 1.807) is 6.20 Å². The van der Waals surface area contributed by atoms with Crippen molar-refractivity contribution in [2.24, 2.45) is 0 Å². The van der Waals surface area contributed by atoms with Gasteiger partial charge in [-0.3, -0.25) is 9.69 Å². The minimum absolute atomic E-state index is 0.0703. The third kappa shape index (κ3) is 3.92. The number of hydrogen-bond acceptors (Lipinski definition) is 8. The van der Waals surface area contributed by atoms with Crippen LogP contribution in [0.4, 0.5) is 9.52 Å². The van der Waals surface area contributed by atoms with Gasteiger partial charge in [-0.25, -0.2) is 15.0 Å². The second-order valence-electron chi connectivity index (χ2n) is 6.72. The fourth-order valence-electron chi connectivity index (χ4n) is 3.29. The summed E-state index contributed by atoms with van der Waals surface area (Å²) >= 11 is 1.15. The number of aromatic nitrogens is 4. The highest BCUT2D eigenvalue weighted by Crippen LogP contribution is 2.29. The highest BCUT2D eigenvalue weighted by molar-refractivity contribution is 7.15. The van der Waals surface area contributed by atoms with Gasteiger partial charge in [-0.1, -0.05) is 11.3 Å². The van der Waals surface area contributed by atoms with Crippen molar-refractivity contribution in [3.63, 3.8) is 0 Å². The van der Waals surface area contributed by atoms with Crippen molar-refractivity contribution in [1.82, 2.24) is 24.8 Å². The van der Waals surface area contributed by atoms with Gasteiger partial charge in [0.25, 0.3) is 0 Å². The summed E-state index contributed by atoms with van der Waals surface area (Å²) in [6, 6.07) is 3.91. The molecule has 1 amide bonds. The molecule has 4 rings (SSSR count). The summed E-state index contributed by atoms with van der Waals surface area (Å²) in [5.74, 6) is -0.304. The van der Waals surface area contributed by atoms with E-state index in [0.717, 1.165) is 23.1 Å². The summed E-state index contributed by atoms with van der Waals surface area (Å²) in [7, 11) is 0. The first-order valence-electron chi connectivity index (χ1n) is 8.89. The summed E-state index contributed by atoms with van der Waals surface area (Å²) in [5.41, 5.74) is 0.590. The molecule has 1 aliphatic heterocycles. The van der Waals surface area contributed by atoms with Gasteiger partial charge < -0.3 is 10.1 Å². The topological polar surface area (TPSA) is 93.1 Å². The molecule has 1 fully saturated rings. The van der Waals surface area contributed by atoms with Gasteiger partial charge in [0.1, 0.15) is 12.4 Å². The van der Waals surface area contributed by atoms with E-state index >= 15 is 0 Å². The summed E-state index contributed by atoms with van der Waals surface area (Å²) in [4.78, 5) is 30.2. The number of amides is 1. The first kappa shape index (κ1) is 18.6. The molecule has 0 aromatic carbocycles. The van der Waals surface area contributed by atoms with Crippen LogP contribution in [0.3, 0.4) is 0 Å². The first-order valence-corrected chi connectivity index (χ1v) is 9.70. The molecule has 3 aromatic heterocycles. The Hall–Kier alpha value is -2.72. The lowest BCUT2D eigenvalue weighted by molar-refractivity contribution is -0.114. The maximum atomic E-state index is 14.1. The zero-order valence-electron chi connectivity index (χ0n) is 15.4. The minimum atomic E-state index is -0.543. The van der Waals surface area contributed by atoms with Gasteiger partial charge in [0.15, 0.2) is 10.8 Å². The van der Waals surface area contributed by atoms with Crippen molar-refractivity contribution in [2.75, 3.05) is 11.9 Å². The number of carbonyl (C=O) groups excluding carboxylic acids is 1. The van der Waals surface area contributed by atoms with Crippen LogP contribution in [-0.4, -0.2) is 49.4 Å². The molecule has 1 aliphatic rings. The van der Waals surface area contributed by atoms with Crippen LogP contribution in [0.15, 0.2) is 24.7 Å². The number of rotatable bonds is 5. The van der Waals surface area contributed by atoms with Crippen molar-refractivity contribution >= 4 is 33.4 Å². The molecule has 0 spiro atoms. The molecule has 0 saturated carbocycles. The van der Waals surface area contributed by atoms with Crippen molar-refractivity contribution in [3.05, 3.63) is 35.5 Å². The zero-order valence-corrected chi connectivity index (χ0v) is 16.2. The van der Waals surface area contributed by atoms with Crippen molar-refractivity contribution in [1.29, 1.82) is 0 Å². The second-order valence-corrected chi connectivity index (χ2v) is 7.81. The molecule has 8 nitrogen and oxygen atoms in total. The molecular weight excluding hydrogens is 383 g/mol. The number of anilines is 1. The number of fused-ring (bicyclic) bond motifs is 1. The molecule has 2 atom stereocenters. The minimum Gasteiger partial charge on any atom is -0.472 e. The Kier molecular flexibility index (Phi) is 5.14. The highest BCUT2D eigenvalue weighted by Gasteiger charge is 2.32.